The van der Waals surface area contributed by atoms with Gasteiger partial charge in [0.2, 0.25) is 11.8 Å². The van der Waals surface area contributed by atoms with E-state index in [-0.39, 0.29) is 30.8 Å². The van der Waals surface area contributed by atoms with Crippen LogP contribution >= 0.6 is 0 Å². The van der Waals surface area contributed by atoms with Crippen LogP contribution in [0.1, 0.15) is 24.5 Å². The summed E-state index contributed by atoms with van der Waals surface area (Å²) in [6.45, 7) is 2.59. The van der Waals surface area contributed by atoms with Crippen molar-refractivity contribution >= 4 is 23.2 Å². The van der Waals surface area contributed by atoms with Gasteiger partial charge in [0.25, 0.3) is 0 Å². The van der Waals surface area contributed by atoms with E-state index >= 15 is 0 Å². The summed E-state index contributed by atoms with van der Waals surface area (Å²) in [5.74, 6) is -0.515. The van der Waals surface area contributed by atoms with E-state index in [9.17, 15) is 9.59 Å². The smallest absolute Gasteiger partial charge is 0.229 e. The van der Waals surface area contributed by atoms with Gasteiger partial charge in [0, 0.05) is 30.9 Å². The lowest BCUT2D eigenvalue weighted by molar-refractivity contribution is -0.122. The number of hydrogen-bond acceptors (Lipinski definition) is 3. The highest BCUT2D eigenvalue weighted by atomic mass is 16.3. The Morgan fingerprint density at radius 1 is 1.12 bits per heavy atom. The second-order valence-corrected chi connectivity index (χ2v) is 6.59. The van der Waals surface area contributed by atoms with Crippen molar-refractivity contribution in [2.75, 3.05) is 23.4 Å². The molecule has 0 aromatic heterocycles. The first-order chi connectivity index (χ1) is 12.6. The number of carbonyl (C=O) groups is 2. The predicted molar refractivity (Wildman–Crippen MR) is 102 cm³/mol. The third kappa shape index (κ3) is 4.11. The van der Waals surface area contributed by atoms with E-state index in [2.05, 4.69) is 12.2 Å². The van der Waals surface area contributed by atoms with Crippen molar-refractivity contribution in [1.82, 2.24) is 0 Å². The van der Waals surface area contributed by atoms with Crippen LogP contribution in [0.5, 0.6) is 0 Å². The maximum atomic E-state index is 12.5. The van der Waals surface area contributed by atoms with Crippen LogP contribution in [0.15, 0.2) is 48.5 Å². The molecule has 0 bridgehead atoms. The second-order valence-electron chi connectivity index (χ2n) is 6.59. The van der Waals surface area contributed by atoms with Gasteiger partial charge in [-0.15, -0.1) is 0 Å². The summed E-state index contributed by atoms with van der Waals surface area (Å²) in [5, 5.41) is 11.8. The van der Waals surface area contributed by atoms with Gasteiger partial charge in [-0.25, -0.2) is 0 Å². The molecule has 1 aliphatic rings. The molecule has 1 heterocycles. The number of nitrogens with one attached hydrogen (secondary N) is 1. The summed E-state index contributed by atoms with van der Waals surface area (Å²) in [6.07, 6.45) is 1.78. The van der Waals surface area contributed by atoms with Crippen molar-refractivity contribution in [3.63, 3.8) is 0 Å². The summed E-state index contributed by atoms with van der Waals surface area (Å²) < 4.78 is 0. The predicted octanol–water partition coefficient (Wildman–Crippen LogP) is 2.78. The zero-order valence-corrected chi connectivity index (χ0v) is 14.9. The summed E-state index contributed by atoms with van der Waals surface area (Å²) in [4.78, 5) is 26.5. The molecular formula is C21H24N2O3. The van der Waals surface area contributed by atoms with Crippen molar-refractivity contribution in [2.24, 2.45) is 5.92 Å². The highest BCUT2D eigenvalue weighted by molar-refractivity contribution is 6.03. The SMILES string of the molecule is CCc1ccc(N2CC(C(=O)Nc3ccc(CCO)cc3)CC2=O)cc1. The van der Waals surface area contributed by atoms with Gasteiger partial charge >= 0.3 is 0 Å². The van der Waals surface area contributed by atoms with Crippen molar-refractivity contribution in [3.05, 3.63) is 59.7 Å². The van der Waals surface area contributed by atoms with E-state index in [1.807, 2.05) is 48.5 Å². The molecule has 0 aliphatic carbocycles. The lowest BCUT2D eigenvalue weighted by atomic mass is 10.1. The lowest BCUT2D eigenvalue weighted by Crippen LogP contribution is -2.28. The highest BCUT2D eigenvalue weighted by Crippen LogP contribution is 2.26. The Balaban J connectivity index is 1.62. The first-order valence-electron chi connectivity index (χ1n) is 9.00. The number of benzene rings is 2. The molecule has 2 amide bonds. The summed E-state index contributed by atoms with van der Waals surface area (Å²) in [7, 11) is 0. The summed E-state index contributed by atoms with van der Waals surface area (Å²) in [6, 6.07) is 15.3. The molecule has 0 spiro atoms. The number of carbonyl (C=O) groups excluding carboxylic acids is 2. The Morgan fingerprint density at radius 2 is 1.77 bits per heavy atom. The first-order valence-corrected chi connectivity index (χ1v) is 9.00. The number of anilines is 2. The van der Waals surface area contributed by atoms with Gasteiger partial charge in [0.05, 0.1) is 5.92 Å². The van der Waals surface area contributed by atoms with E-state index in [0.717, 1.165) is 17.7 Å². The van der Waals surface area contributed by atoms with E-state index in [1.54, 1.807) is 4.90 Å². The number of hydrogen-bond donors (Lipinski definition) is 2. The molecule has 5 nitrogen and oxygen atoms in total. The van der Waals surface area contributed by atoms with Gasteiger partial charge in [-0.3, -0.25) is 9.59 Å². The Morgan fingerprint density at radius 3 is 2.38 bits per heavy atom. The maximum Gasteiger partial charge on any atom is 0.229 e. The standard InChI is InChI=1S/C21H24N2O3/c1-2-15-5-9-19(10-6-15)23-14-17(13-20(23)25)21(26)22-18-7-3-16(4-8-18)11-12-24/h3-10,17,24H,2,11-14H2,1H3,(H,22,26). The van der Waals surface area contributed by atoms with Crippen LogP contribution in [0.3, 0.4) is 0 Å². The summed E-state index contributed by atoms with van der Waals surface area (Å²) in [5.41, 5.74) is 3.79. The Labute approximate surface area is 153 Å². The number of nitrogens with zero attached hydrogens (tertiary/aromatic N) is 1. The molecular weight excluding hydrogens is 328 g/mol. The minimum atomic E-state index is -0.356. The molecule has 0 saturated carbocycles. The van der Waals surface area contributed by atoms with Gasteiger partial charge in [0.15, 0.2) is 0 Å². The largest absolute Gasteiger partial charge is 0.396 e. The van der Waals surface area contributed by atoms with Gasteiger partial charge in [0.1, 0.15) is 0 Å². The molecule has 1 unspecified atom stereocenters. The molecule has 2 aromatic carbocycles. The zero-order valence-electron chi connectivity index (χ0n) is 14.9. The minimum Gasteiger partial charge on any atom is -0.396 e. The highest BCUT2D eigenvalue weighted by Gasteiger charge is 2.35. The van der Waals surface area contributed by atoms with Crippen LogP contribution < -0.4 is 10.2 Å². The quantitative estimate of drug-likeness (QED) is 0.840. The molecule has 3 rings (SSSR count). The molecule has 1 fully saturated rings. The average molecular weight is 352 g/mol. The normalized spacial score (nSPS) is 16.8. The van der Waals surface area contributed by atoms with E-state index < -0.39 is 0 Å². The molecule has 1 atom stereocenters. The van der Waals surface area contributed by atoms with Crippen molar-refractivity contribution < 1.29 is 14.7 Å². The number of aliphatic hydroxyl groups is 1. The Bertz CT molecular complexity index is 769. The van der Waals surface area contributed by atoms with Crippen molar-refractivity contribution in [1.29, 1.82) is 0 Å². The lowest BCUT2D eigenvalue weighted by Gasteiger charge is -2.17. The Kier molecular flexibility index (Phi) is 5.68. The fraction of sp³-hybridized carbons (Fsp3) is 0.333. The molecule has 26 heavy (non-hydrogen) atoms. The molecule has 1 saturated heterocycles. The number of amides is 2. The van der Waals surface area contributed by atoms with Crippen molar-refractivity contribution in [2.45, 2.75) is 26.2 Å². The fourth-order valence-corrected chi connectivity index (χ4v) is 3.17. The first kappa shape index (κ1) is 18.1. The van der Waals surface area contributed by atoms with Gasteiger partial charge in [-0.2, -0.15) is 0 Å². The Hall–Kier alpha value is -2.66. The van der Waals surface area contributed by atoms with Gasteiger partial charge in [-0.05, 0) is 48.2 Å². The molecule has 1 aliphatic heterocycles. The number of aryl methyl sites for hydroxylation is 1. The third-order valence-corrected chi connectivity index (χ3v) is 4.77. The number of rotatable bonds is 6. The summed E-state index contributed by atoms with van der Waals surface area (Å²) >= 11 is 0. The topological polar surface area (TPSA) is 69.6 Å². The minimum absolute atomic E-state index is 0.0207. The fourth-order valence-electron chi connectivity index (χ4n) is 3.17. The van der Waals surface area contributed by atoms with Crippen molar-refractivity contribution in [3.8, 4) is 0 Å². The third-order valence-electron chi connectivity index (χ3n) is 4.77. The van der Waals surface area contributed by atoms with E-state index in [0.29, 0.717) is 18.7 Å². The molecule has 2 N–H and O–H groups in total. The molecule has 0 radical (unpaired) electrons. The van der Waals surface area contributed by atoms with Gasteiger partial charge in [-0.1, -0.05) is 31.2 Å². The average Bonchev–Trinajstić information content (AvgIpc) is 3.05. The van der Waals surface area contributed by atoms with Crippen LogP contribution in [0.4, 0.5) is 11.4 Å². The van der Waals surface area contributed by atoms with E-state index in [4.69, 9.17) is 5.11 Å². The monoisotopic (exact) mass is 352 g/mol. The zero-order chi connectivity index (χ0) is 18.5. The maximum absolute atomic E-state index is 12.5. The molecule has 2 aromatic rings. The van der Waals surface area contributed by atoms with Crippen LogP contribution in [0.25, 0.3) is 0 Å². The molecule has 136 valence electrons. The van der Waals surface area contributed by atoms with E-state index in [1.165, 1.54) is 5.56 Å². The van der Waals surface area contributed by atoms with Crippen LogP contribution in [-0.2, 0) is 22.4 Å². The van der Waals surface area contributed by atoms with Crippen LogP contribution in [0, 0.1) is 5.92 Å². The van der Waals surface area contributed by atoms with Crippen LogP contribution in [-0.4, -0.2) is 30.1 Å². The van der Waals surface area contributed by atoms with Crippen LogP contribution in [0.2, 0.25) is 0 Å². The number of aliphatic hydroxyl groups excluding tert-OH is 1. The van der Waals surface area contributed by atoms with Gasteiger partial charge < -0.3 is 15.3 Å². The molecule has 5 heteroatoms. The second kappa shape index (κ2) is 8.15.